The van der Waals surface area contributed by atoms with Crippen LogP contribution in [0.2, 0.25) is 0 Å². The van der Waals surface area contributed by atoms with Crippen LogP contribution in [0.1, 0.15) is 26.9 Å². The van der Waals surface area contributed by atoms with Gasteiger partial charge in [0.1, 0.15) is 0 Å². The number of amides is 1. The SMILES string of the molecule is Cc1ccc([C@H](CN2CCOCC2)NC(=O)/C=C/c2ccc(C)s2)cc1. The lowest BCUT2D eigenvalue weighted by Gasteiger charge is -2.31. The average Bonchev–Trinajstić information content (AvgIpc) is 3.06. The number of nitrogens with zero attached hydrogens (tertiary/aromatic N) is 1. The fourth-order valence-corrected chi connectivity index (χ4v) is 3.78. The fraction of sp³-hybridized carbons (Fsp3) is 0.381. The second-order valence-corrected chi connectivity index (χ2v) is 7.99. The van der Waals surface area contributed by atoms with E-state index >= 15 is 0 Å². The van der Waals surface area contributed by atoms with E-state index in [0.29, 0.717) is 0 Å². The van der Waals surface area contributed by atoms with Crippen molar-refractivity contribution in [2.45, 2.75) is 19.9 Å². The topological polar surface area (TPSA) is 41.6 Å². The average molecular weight is 371 g/mol. The summed E-state index contributed by atoms with van der Waals surface area (Å²) in [6.45, 7) is 8.26. The summed E-state index contributed by atoms with van der Waals surface area (Å²) in [6, 6.07) is 12.5. The zero-order chi connectivity index (χ0) is 18.4. The summed E-state index contributed by atoms with van der Waals surface area (Å²) >= 11 is 1.69. The molecule has 1 amide bonds. The molecular formula is C21H26N2O2S. The summed E-state index contributed by atoms with van der Waals surface area (Å²) in [7, 11) is 0. The van der Waals surface area contributed by atoms with Gasteiger partial charge in [-0.3, -0.25) is 9.69 Å². The molecule has 1 atom stereocenters. The van der Waals surface area contributed by atoms with Crippen molar-refractivity contribution in [1.29, 1.82) is 0 Å². The predicted octanol–water partition coefficient (Wildman–Crippen LogP) is 3.57. The van der Waals surface area contributed by atoms with Crippen LogP contribution in [0.5, 0.6) is 0 Å². The number of hydrogen-bond acceptors (Lipinski definition) is 4. The Morgan fingerprint density at radius 3 is 2.58 bits per heavy atom. The third-order valence-electron chi connectivity index (χ3n) is 4.50. The van der Waals surface area contributed by atoms with Crippen molar-refractivity contribution in [3.05, 3.63) is 63.4 Å². The third kappa shape index (κ3) is 5.53. The molecule has 0 spiro atoms. The second-order valence-electron chi connectivity index (χ2n) is 6.67. The molecule has 0 aliphatic carbocycles. The summed E-state index contributed by atoms with van der Waals surface area (Å²) in [4.78, 5) is 17.2. The standard InChI is InChI=1S/C21H26N2O2S/c1-16-3-6-18(7-4-16)20(15-23-11-13-25-14-12-23)22-21(24)10-9-19-8-5-17(2)26-19/h3-10,20H,11-15H2,1-2H3,(H,22,24)/b10-9+/t20-/m0/s1. The largest absolute Gasteiger partial charge is 0.379 e. The van der Waals surface area contributed by atoms with Crippen LogP contribution in [0.15, 0.2) is 42.5 Å². The van der Waals surface area contributed by atoms with Crippen LogP contribution in [0.25, 0.3) is 6.08 Å². The molecule has 3 rings (SSSR count). The maximum Gasteiger partial charge on any atom is 0.244 e. The molecule has 1 saturated heterocycles. The smallest absolute Gasteiger partial charge is 0.244 e. The zero-order valence-electron chi connectivity index (χ0n) is 15.4. The van der Waals surface area contributed by atoms with Gasteiger partial charge >= 0.3 is 0 Å². The maximum atomic E-state index is 12.5. The molecule has 0 radical (unpaired) electrons. The first-order valence-electron chi connectivity index (χ1n) is 9.02. The van der Waals surface area contributed by atoms with Gasteiger partial charge in [-0.1, -0.05) is 29.8 Å². The Balaban J connectivity index is 1.68. The number of carbonyl (C=O) groups is 1. The molecule has 0 saturated carbocycles. The van der Waals surface area contributed by atoms with Crippen LogP contribution in [0.4, 0.5) is 0 Å². The number of rotatable bonds is 6. The highest BCUT2D eigenvalue weighted by atomic mass is 32.1. The second kappa shape index (κ2) is 9.12. The number of aryl methyl sites for hydroxylation is 2. The number of morpholine rings is 1. The van der Waals surface area contributed by atoms with Gasteiger partial charge in [0.25, 0.3) is 0 Å². The molecule has 0 unspecified atom stereocenters. The van der Waals surface area contributed by atoms with E-state index in [9.17, 15) is 4.79 Å². The summed E-state index contributed by atoms with van der Waals surface area (Å²) < 4.78 is 5.43. The summed E-state index contributed by atoms with van der Waals surface area (Å²) in [5, 5.41) is 3.17. The van der Waals surface area contributed by atoms with Gasteiger partial charge in [0.2, 0.25) is 5.91 Å². The predicted molar refractivity (Wildman–Crippen MR) is 107 cm³/mol. The van der Waals surface area contributed by atoms with Crippen molar-refractivity contribution in [2.75, 3.05) is 32.8 Å². The molecular weight excluding hydrogens is 344 g/mol. The molecule has 1 aromatic heterocycles. The molecule has 138 valence electrons. The molecule has 26 heavy (non-hydrogen) atoms. The molecule has 1 fully saturated rings. The van der Waals surface area contributed by atoms with E-state index in [4.69, 9.17) is 4.74 Å². The van der Waals surface area contributed by atoms with E-state index in [1.807, 2.05) is 12.1 Å². The fourth-order valence-electron chi connectivity index (χ4n) is 3.00. The molecule has 4 nitrogen and oxygen atoms in total. The molecule has 2 heterocycles. The molecule has 1 aliphatic heterocycles. The van der Waals surface area contributed by atoms with Gasteiger partial charge in [0.05, 0.1) is 19.3 Å². The van der Waals surface area contributed by atoms with Gasteiger partial charge in [-0.05, 0) is 37.6 Å². The first kappa shape index (κ1) is 18.8. The number of ether oxygens (including phenoxy) is 1. The lowest BCUT2D eigenvalue weighted by atomic mass is 10.0. The Hall–Kier alpha value is -1.95. The summed E-state index contributed by atoms with van der Waals surface area (Å²) in [5.41, 5.74) is 2.36. The Kier molecular flexibility index (Phi) is 6.61. The molecule has 1 aliphatic rings. The Morgan fingerprint density at radius 2 is 1.92 bits per heavy atom. The minimum Gasteiger partial charge on any atom is -0.379 e. The highest BCUT2D eigenvalue weighted by molar-refractivity contribution is 7.12. The van der Waals surface area contributed by atoms with Crippen molar-refractivity contribution >= 4 is 23.3 Å². The van der Waals surface area contributed by atoms with Crippen LogP contribution in [-0.2, 0) is 9.53 Å². The van der Waals surface area contributed by atoms with Crippen LogP contribution in [-0.4, -0.2) is 43.7 Å². The number of benzene rings is 1. The minimum absolute atomic E-state index is 0.0316. The van der Waals surface area contributed by atoms with E-state index in [-0.39, 0.29) is 11.9 Å². The molecule has 2 aromatic rings. The van der Waals surface area contributed by atoms with Gasteiger partial charge in [-0.15, -0.1) is 11.3 Å². The molecule has 5 heteroatoms. The number of hydrogen-bond donors (Lipinski definition) is 1. The number of nitrogens with one attached hydrogen (secondary N) is 1. The maximum absolute atomic E-state index is 12.5. The molecule has 1 aromatic carbocycles. The normalized spacial score (nSPS) is 16.7. The lowest BCUT2D eigenvalue weighted by Crippen LogP contribution is -2.42. The van der Waals surface area contributed by atoms with Gasteiger partial charge < -0.3 is 10.1 Å². The highest BCUT2D eigenvalue weighted by Crippen LogP contribution is 2.18. The van der Waals surface area contributed by atoms with Crippen LogP contribution >= 0.6 is 11.3 Å². The first-order valence-corrected chi connectivity index (χ1v) is 9.83. The van der Waals surface area contributed by atoms with Crippen LogP contribution in [0.3, 0.4) is 0 Å². The number of thiophene rings is 1. The van der Waals surface area contributed by atoms with E-state index in [1.54, 1.807) is 17.4 Å². The van der Waals surface area contributed by atoms with Crippen molar-refractivity contribution in [3.63, 3.8) is 0 Å². The van der Waals surface area contributed by atoms with E-state index in [1.165, 1.54) is 10.4 Å². The van der Waals surface area contributed by atoms with Crippen molar-refractivity contribution in [1.82, 2.24) is 10.2 Å². The Labute approximate surface area is 159 Å². The Morgan fingerprint density at radius 1 is 1.19 bits per heavy atom. The highest BCUT2D eigenvalue weighted by Gasteiger charge is 2.19. The van der Waals surface area contributed by atoms with Crippen LogP contribution < -0.4 is 5.32 Å². The quantitative estimate of drug-likeness (QED) is 0.791. The number of carbonyl (C=O) groups excluding carboxylic acids is 1. The van der Waals surface area contributed by atoms with Crippen molar-refractivity contribution < 1.29 is 9.53 Å². The molecule has 0 bridgehead atoms. The van der Waals surface area contributed by atoms with Gasteiger partial charge in [0, 0.05) is 35.5 Å². The van der Waals surface area contributed by atoms with Crippen molar-refractivity contribution in [3.8, 4) is 0 Å². The van der Waals surface area contributed by atoms with Gasteiger partial charge in [-0.25, -0.2) is 0 Å². The summed E-state index contributed by atoms with van der Waals surface area (Å²) in [6.07, 6.45) is 3.51. The first-order chi connectivity index (χ1) is 12.6. The Bertz CT molecular complexity index is 746. The zero-order valence-corrected chi connectivity index (χ0v) is 16.2. The van der Waals surface area contributed by atoms with Crippen molar-refractivity contribution in [2.24, 2.45) is 0 Å². The molecule has 1 N–H and O–H groups in total. The van der Waals surface area contributed by atoms with Gasteiger partial charge in [-0.2, -0.15) is 0 Å². The lowest BCUT2D eigenvalue weighted by molar-refractivity contribution is -0.117. The van der Waals surface area contributed by atoms with Crippen LogP contribution in [0, 0.1) is 13.8 Å². The summed E-state index contributed by atoms with van der Waals surface area (Å²) in [5.74, 6) is -0.0603. The minimum atomic E-state index is -0.0603. The van der Waals surface area contributed by atoms with E-state index < -0.39 is 0 Å². The monoisotopic (exact) mass is 370 g/mol. The van der Waals surface area contributed by atoms with Gasteiger partial charge in [0.15, 0.2) is 0 Å². The van der Waals surface area contributed by atoms with E-state index in [0.717, 1.165) is 43.3 Å². The third-order valence-corrected chi connectivity index (χ3v) is 5.47. The van der Waals surface area contributed by atoms with E-state index in [2.05, 4.69) is 54.4 Å².